The fourth-order valence-electron chi connectivity index (χ4n) is 10.2. The van der Waals surface area contributed by atoms with Crippen LogP contribution in [0.2, 0.25) is 0 Å². The normalized spacial score (nSPS) is 11.6. The van der Waals surface area contributed by atoms with E-state index in [2.05, 4.69) is 237 Å². The van der Waals surface area contributed by atoms with E-state index in [4.69, 9.17) is 15.0 Å². The number of benzene rings is 12. The topological polar surface area (TPSA) is 38.7 Å². The summed E-state index contributed by atoms with van der Waals surface area (Å²) in [5.41, 5.74) is 9.75. The summed E-state index contributed by atoms with van der Waals surface area (Å²) in [5, 5.41) is 14.6. The Morgan fingerprint density at radius 3 is 0.773 bits per heavy atom. The number of hydrogen-bond donors (Lipinski definition) is 0. The molecule has 0 unspecified atom stereocenters. The predicted molar refractivity (Wildman–Crippen MR) is 277 cm³/mol. The highest BCUT2D eigenvalue weighted by Crippen LogP contribution is 2.41. The summed E-state index contributed by atoms with van der Waals surface area (Å²) >= 11 is 0. The minimum absolute atomic E-state index is 0.617. The van der Waals surface area contributed by atoms with Crippen LogP contribution in [0.25, 0.3) is 132 Å². The van der Waals surface area contributed by atoms with Gasteiger partial charge in [-0.1, -0.05) is 206 Å². The van der Waals surface area contributed by atoms with Crippen molar-refractivity contribution in [2.75, 3.05) is 0 Å². The van der Waals surface area contributed by atoms with Gasteiger partial charge in [-0.3, -0.25) is 0 Å². The largest absolute Gasteiger partial charge is 0.208 e. The summed E-state index contributed by atoms with van der Waals surface area (Å²) in [6, 6.07) is 84.9. The fraction of sp³-hybridized carbons (Fsp3) is 0. The van der Waals surface area contributed by atoms with Gasteiger partial charge in [0, 0.05) is 16.7 Å². The summed E-state index contributed by atoms with van der Waals surface area (Å²) < 4.78 is 0. The molecule has 0 atom stereocenters. The van der Waals surface area contributed by atoms with Crippen LogP contribution in [0.15, 0.2) is 237 Å². The predicted octanol–water partition coefficient (Wildman–Crippen LogP) is 16.8. The van der Waals surface area contributed by atoms with Gasteiger partial charge in [0.15, 0.2) is 17.5 Å². The first kappa shape index (κ1) is 37.7. The molecule has 13 aromatic rings. The average molecular weight is 838 g/mol. The van der Waals surface area contributed by atoms with E-state index in [9.17, 15) is 0 Å². The van der Waals surface area contributed by atoms with Gasteiger partial charge in [0.1, 0.15) is 0 Å². The van der Waals surface area contributed by atoms with Crippen molar-refractivity contribution < 1.29 is 0 Å². The Kier molecular flexibility index (Phi) is 8.85. The molecule has 0 fully saturated rings. The zero-order chi connectivity index (χ0) is 43.6. The highest BCUT2D eigenvalue weighted by Gasteiger charge is 2.18. The van der Waals surface area contributed by atoms with Crippen LogP contribution in [0.5, 0.6) is 0 Å². The van der Waals surface area contributed by atoms with Gasteiger partial charge < -0.3 is 0 Å². The van der Waals surface area contributed by atoms with Gasteiger partial charge in [-0.25, -0.2) is 15.0 Å². The van der Waals surface area contributed by atoms with E-state index in [0.717, 1.165) is 33.4 Å². The maximum atomic E-state index is 5.33. The van der Waals surface area contributed by atoms with E-state index in [1.54, 1.807) is 0 Å². The molecule has 0 radical (unpaired) electrons. The number of nitrogens with zero attached hydrogens (tertiary/aromatic N) is 3. The van der Waals surface area contributed by atoms with Gasteiger partial charge in [-0.15, -0.1) is 0 Å². The van der Waals surface area contributed by atoms with Crippen LogP contribution in [-0.4, -0.2) is 15.0 Å². The van der Waals surface area contributed by atoms with E-state index in [1.165, 1.54) is 81.3 Å². The van der Waals surface area contributed by atoms with E-state index in [1.807, 2.05) is 0 Å². The van der Waals surface area contributed by atoms with Crippen LogP contribution in [0.3, 0.4) is 0 Å². The molecule has 3 nitrogen and oxygen atoms in total. The lowest BCUT2D eigenvalue weighted by Gasteiger charge is -2.15. The van der Waals surface area contributed by atoms with E-state index >= 15 is 0 Å². The maximum absolute atomic E-state index is 5.33. The van der Waals surface area contributed by atoms with Crippen molar-refractivity contribution in [3.05, 3.63) is 237 Å². The van der Waals surface area contributed by atoms with Gasteiger partial charge in [0.2, 0.25) is 0 Å². The molecule has 0 bridgehead atoms. The standard InChI is InChI=1S/C63H39N3/c1-7-25-52-42(15-1)35-43-16-2-8-26-53(43)58(52)40-31-33-41(34-32-40)61-64-62(50-23-13-21-48(38-50)59-54-27-9-3-17-44(54)36-45-18-4-10-28-55(45)59)66-63(65-61)51-24-14-22-49(39-51)60-56-29-11-5-19-46(56)37-47-20-6-12-30-57(47)60/h1-39H. The van der Waals surface area contributed by atoms with Crippen LogP contribution in [0, 0.1) is 0 Å². The molecule has 1 heterocycles. The highest BCUT2D eigenvalue weighted by atomic mass is 15.0. The Morgan fingerprint density at radius 2 is 0.439 bits per heavy atom. The molecule has 0 saturated carbocycles. The second kappa shape index (κ2) is 15.5. The first-order chi connectivity index (χ1) is 32.7. The van der Waals surface area contributed by atoms with Crippen LogP contribution in [0.1, 0.15) is 0 Å². The molecule has 0 aliphatic carbocycles. The van der Waals surface area contributed by atoms with Crippen LogP contribution < -0.4 is 0 Å². The molecule has 306 valence electrons. The molecule has 13 rings (SSSR count). The Morgan fingerprint density at radius 1 is 0.182 bits per heavy atom. The minimum Gasteiger partial charge on any atom is -0.208 e. The number of hydrogen-bond acceptors (Lipinski definition) is 3. The van der Waals surface area contributed by atoms with Crippen LogP contribution in [0.4, 0.5) is 0 Å². The SMILES string of the molecule is c1cc(-c2nc(-c3ccc(-c4c5ccccc5cc5ccccc45)cc3)nc(-c3cccc(-c4c5ccccc5cc5ccccc45)c3)n2)cc(-c2c3ccccc3cc3ccccc23)c1. The Hall–Kier alpha value is -8.79. The lowest BCUT2D eigenvalue weighted by Crippen LogP contribution is -2.00. The summed E-state index contributed by atoms with van der Waals surface area (Å²) in [4.78, 5) is 15.9. The third-order valence-electron chi connectivity index (χ3n) is 13.2. The molecular formula is C63H39N3. The molecule has 0 aliphatic heterocycles. The quantitative estimate of drug-likeness (QED) is 0.157. The second-order valence-corrected chi connectivity index (χ2v) is 17.1. The molecule has 3 heteroatoms. The molecular weight excluding hydrogens is 799 g/mol. The van der Waals surface area contributed by atoms with Crippen molar-refractivity contribution in [3.63, 3.8) is 0 Å². The van der Waals surface area contributed by atoms with Gasteiger partial charge in [0.05, 0.1) is 0 Å². The van der Waals surface area contributed by atoms with Crippen molar-refractivity contribution in [2.45, 2.75) is 0 Å². The smallest absolute Gasteiger partial charge is 0.164 e. The number of rotatable bonds is 6. The van der Waals surface area contributed by atoms with Crippen molar-refractivity contribution in [2.24, 2.45) is 0 Å². The third kappa shape index (κ3) is 6.40. The van der Waals surface area contributed by atoms with Crippen molar-refractivity contribution >= 4 is 64.6 Å². The van der Waals surface area contributed by atoms with Gasteiger partial charge in [-0.2, -0.15) is 0 Å². The second-order valence-electron chi connectivity index (χ2n) is 17.1. The lowest BCUT2D eigenvalue weighted by atomic mass is 9.91. The molecule has 1 aromatic heterocycles. The van der Waals surface area contributed by atoms with Gasteiger partial charge in [0.25, 0.3) is 0 Å². The zero-order valence-corrected chi connectivity index (χ0v) is 35.9. The third-order valence-corrected chi connectivity index (χ3v) is 13.2. The Balaban J connectivity index is 0.998. The van der Waals surface area contributed by atoms with E-state index in [-0.39, 0.29) is 0 Å². The van der Waals surface area contributed by atoms with Crippen LogP contribution >= 0.6 is 0 Å². The van der Waals surface area contributed by atoms with Gasteiger partial charge in [-0.05, 0) is 128 Å². The Bertz CT molecular complexity index is 3710. The summed E-state index contributed by atoms with van der Waals surface area (Å²) in [6.07, 6.45) is 0. The molecule has 0 amide bonds. The van der Waals surface area contributed by atoms with E-state index < -0.39 is 0 Å². The molecule has 0 saturated heterocycles. The van der Waals surface area contributed by atoms with Crippen molar-refractivity contribution in [1.82, 2.24) is 15.0 Å². The maximum Gasteiger partial charge on any atom is 0.164 e. The van der Waals surface area contributed by atoms with Gasteiger partial charge >= 0.3 is 0 Å². The first-order valence-electron chi connectivity index (χ1n) is 22.5. The average Bonchev–Trinajstić information content (AvgIpc) is 3.38. The van der Waals surface area contributed by atoms with E-state index in [0.29, 0.717) is 17.5 Å². The molecule has 12 aromatic carbocycles. The molecule has 0 spiro atoms. The summed E-state index contributed by atoms with van der Waals surface area (Å²) in [6.45, 7) is 0. The van der Waals surface area contributed by atoms with Crippen LogP contribution in [-0.2, 0) is 0 Å². The number of aromatic nitrogens is 3. The molecule has 66 heavy (non-hydrogen) atoms. The Labute approximate surface area is 382 Å². The first-order valence-corrected chi connectivity index (χ1v) is 22.5. The molecule has 0 N–H and O–H groups in total. The van der Waals surface area contributed by atoms with Crippen molar-refractivity contribution in [3.8, 4) is 67.5 Å². The lowest BCUT2D eigenvalue weighted by molar-refractivity contribution is 1.07. The highest BCUT2D eigenvalue weighted by molar-refractivity contribution is 6.15. The minimum atomic E-state index is 0.617. The number of fused-ring (bicyclic) bond motifs is 6. The monoisotopic (exact) mass is 837 g/mol. The summed E-state index contributed by atoms with van der Waals surface area (Å²) in [7, 11) is 0. The fourth-order valence-corrected chi connectivity index (χ4v) is 10.2. The zero-order valence-electron chi connectivity index (χ0n) is 35.9. The summed E-state index contributed by atoms with van der Waals surface area (Å²) in [5.74, 6) is 1.85. The van der Waals surface area contributed by atoms with Crippen molar-refractivity contribution in [1.29, 1.82) is 0 Å². The molecule has 0 aliphatic rings.